The van der Waals surface area contributed by atoms with E-state index in [-0.39, 0.29) is 22.0 Å². The molecular weight excluding hydrogens is 246 g/mol. The van der Waals surface area contributed by atoms with E-state index >= 15 is 0 Å². The number of hydroxylamine groups is 2. The van der Waals surface area contributed by atoms with Gasteiger partial charge in [0.05, 0.1) is 16.5 Å². The monoisotopic (exact) mass is 265 g/mol. The second-order valence-corrected chi connectivity index (χ2v) is 6.14. The molecule has 3 nitrogen and oxygen atoms in total. The van der Waals surface area contributed by atoms with Crippen molar-refractivity contribution >= 4 is 15.9 Å². The Morgan fingerprint density at radius 1 is 1.36 bits per heavy atom. The Balaban J connectivity index is 2.96. The Labute approximate surface area is 94.5 Å². The van der Waals surface area contributed by atoms with Gasteiger partial charge in [0.15, 0.2) is 0 Å². The van der Waals surface area contributed by atoms with Crippen molar-refractivity contribution in [3.8, 4) is 0 Å². The maximum atomic E-state index is 10.1. The lowest BCUT2D eigenvalue weighted by molar-refractivity contribution is -0.255. The number of halogens is 1. The van der Waals surface area contributed by atoms with Crippen LogP contribution in [0.3, 0.4) is 0 Å². The molecule has 0 spiro atoms. The van der Waals surface area contributed by atoms with Crippen LogP contribution in [0, 0.1) is 0 Å². The topological polar surface area (TPSA) is 32.7 Å². The van der Waals surface area contributed by atoms with E-state index in [0.717, 1.165) is 6.42 Å². The molecule has 0 aliphatic carbocycles. The average Bonchev–Trinajstić information content (AvgIpc) is 2.09. The highest BCUT2D eigenvalue weighted by Gasteiger charge is 2.50. The van der Waals surface area contributed by atoms with Crippen LogP contribution in [0.4, 0.5) is 0 Å². The van der Waals surface area contributed by atoms with Gasteiger partial charge in [0.2, 0.25) is 0 Å². The predicted octanol–water partition coefficient (Wildman–Crippen LogP) is 2.42. The summed E-state index contributed by atoms with van der Waals surface area (Å²) in [6.45, 7) is 8.08. The largest absolute Gasteiger partial charge is 0.380 e. The number of rotatable bonds is 1. The van der Waals surface area contributed by atoms with E-state index in [1.54, 1.807) is 7.11 Å². The average molecular weight is 266 g/mol. The van der Waals surface area contributed by atoms with Gasteiger partial charge in [-0.2, -0.15) is 5.06 Å². The second-order valence-electron chi connectivity index (χ2n) is 5.16. The van der Waals surface area contributed by atoms with Gasteiger partial charge in [0.1, 0.15) is 0 Å². The molecule has 0 aromatic heterocycles. The minimum atomic E-state index is -0.317. The Hall–Kier alpha value is 0.360. The molecule has 0 bridgehead atoms. The molecule has 2 atom stereocenters. The molecule has 4 heteroatoms. The van der Waals surface area contributed by atoms with Crippen molar-refractivity contribution in [2.24, 2.45) is 0 Å². The van der Waals surface area contributed by atoms with Crippen molar-refractivity contribution in [1.82, 2.24) is 5.06 Å². The first-order chi connectivity index (χ1) is 6.23. The molecule has 1 fully saturated rings. The van der Waals surface area contributed by atoms with Crippen LogP contribution in [0.2, 0.25) is 0 Å². The van der Waals surface area contributed by atoms with Crippen LogP contribution < -0.4 is 0 Å². The molecule has 0 saturated carbocycles. The van der Waals surface area contributed by atoms with E-state index in [0.29, 0.717) is 0 Å². The van der Waals surface area contributed by atoms with Gasteiger partial charge in [-0.1, -0.05) is 15.9 Å². The van der Waals surface area contributed by atoms with Crippen LogP contribution in [0.25, 0.3) is 0 Å². The number of hydrogen-bond acceptors (Lipinski definition) is 3. The molecule has 1 aliphatic rings. The predicted molar refractivity (Wildman–Crippen MR) is 59.9 cm³/mol. The Bertz CT molecular complexity index is 218. The molecule has 0 aromatic carbocycles. The Morgan fingerprint density at radius 3 is 2.29 bits per heavy atom. The molecule has 14 heavy (non-hydrogen) atoms. The van der Waals surface area contributed by atoms with E-state index in [1.165, 1.54) is 5.06 Å². The van der Waals surface area contributed by atoms with Crippen molar-refractivity contribution in [3.05, 3.63) is 0 Å². The summed E-state index contributed by atoms with van der Waals surface area (Å²) in [7, 11) is 1.72. The molecule has 1 aliphatic heterocycles. The molecule has 1 N–H and O–H groups in total. The number of piperidine rings is 1. The van der Waals surface area contributed by atoms with E-state index in [4.69, 9.17) is 4.74 Å². The second kappa shape index (κ2) is 3.74. The molecule has 1 heterocycles. The summed E-state index contributed by atoms with van der Waals surface area (Å²) in [5, 5.41) is 11.5. The highest BCUT2D eigenvalue weighted by Crippen LogP contribution is 2.41. The third-order valence-electron chi connectivity index (χ3n) is 3.12. The number of ether oxygens (including phenoxy) is 1. The maximum Gasteiger partial charge on any atom is 0.0733 e. The van der Waals surface area contributed by atoms with Crippen molar-refractivity contribution in [2.75, 3.05) is 7.11 Å². The number of methoxy groups -OCH3 is 1. The van der Waals surface area contributed by atoms with Crippen LogP contribution in [-0.4, -0.2) is 39.4 Å². The van der Waals surface area contributed by atoms with Gasteiger partial charge in [-0.15, -0.1) is 0 Å². The molecule has 84 valence electrons. The normalized spacial score (nSPS) is 37.1. The molecule has 1 saturated heterocycles. The van der Waals surface area contributed by atoms with Gasteiger partial charge in [-0.05, 0) is 34.1 Å². The fourth-order valence-electron chi connectivity index (χ4n) is 2.24. The SMILES string of the molecule is COC1CC(C)(C)N(O)C(C)(C)C1Br. The molecule has 2 unspecified atom stereocenters. The number of nitrogens with zero attached hydrogens (tertiary/aromatic N) is 1. The first-order valence-electron chi connectivity index (χ1n) is 4.89. The maximum absolute atomic E-state index is 10.1. The van der Waals surface area contributed by atoms with Crippen LogP contribution in [0.15, 0.2) is 0 Å². The summed E-state index contributed by atoms with van der Waals surface area (Å²) in [6.07, 6.45) is 0.961. The van der Waals surface area contributed by atoms with E-state index < -0.39 is 0 Å². The van der Waals surface area contributed by atoms with Crippen LogP contribution in [-0.2, 0) is 4.74 Å². The summed E-state index contributed by atoms with van der Waals surface area (Å²) >= 11 is 3.60. The van der Waals surface area contributed by atoms with E-state index in [1.807, 2.05) is 27.7 Å². The van der Waals surface area contributed by atoms with Gasteiger partial charge in [-0.25, -0.2) is 0 Å². The number of alkyl halides is 1. The number of hydrogen-bond donors (Lipinski definition) is 1. The lowest BCUT2D eigenvalue weighted by Gasteiger charge is -2.53. The standard InChI is InChI=1S/C10H20BrNO2/c1-9(2)6-7(14-5)8(11)10(3,4)12(9)13/h7-8,13H,6H2,1-5H3. The minimum Gasteiger partial charge on any atom is -0.380 e. The fourth-order valence-corrected chi connectivity index (χ4v) is 2.83. The van der Waals surface area contributed by atoms with E-state index in [9.17, 15) is 5.21 Å². The van der Waals surface area contributed by atoms with E-state index in [2.05, 4.69) is 15.9 Å². The molecule has 0 radical (unpaired) electrons. The highest BCUT2D eigenvalue weighted by molar-refractivity contribution is 9.09. The summed E-state index contributed by atoms with van der Waals surface area (Å²) in [4.78, 5) is 0.137. The third-order valence-corrected chi connectivity index (χ3v) is 4.83. The van der Waals surface area contributed by atoms with Crippen LogP contribution >= 0.6 is 15.9 Å². The van der Waals surface area contributed by atoms with Gasteiger partial charge < -0.3 is 9.94 Å². The third kappa shape index (κ3) is 1.85. The smallest absolute Gasteiger partial charge is 0.0733 e. The zero-order valence-electron chi connectivity index (χ0n) is 9.54. The van der Waals surface area contributed by atoms with Gasteiger partial charge in [0, 0.05) is 12.6 Å². The summed E-state index contributed by atoms with van der Waals surface area (Å²) < 4.78 is 5.44. The van der Waals surface area contributed by atoms with Gasteiger partial charge in [0.25, 0.3) is 0 Å². The van der Waals surface area contributed by atoms with Crippen LogP contribution in [0.5, 0.6) is 0 Å². The molecular formula is C10H20BrNO2. The van der Waals surface area contributed by atoms with Crippen molar-refractivity contribution in [3.63, 3.8) is 0 Å². The summed E-state index contributed by atoms with van der Waals surface area (Å²) in [5.41, 5.74) is -0.559. The van der Waals surface area contributed by atoms with Crippen molar-refractivity contribution < 1.29 is 9.94 Å². The van der Waals surface area contributed by atoms with Crippen molar-refractivity contribution in [1.29, 1.82) is 0 Å². The van der Waals surface area contributed by atoms with Crippen molar-refractivity contribution in [2.45, 2.75) is 56.1 Å². The first kappa shape index (κ1) is 12.4. The zero-order chi connectivity index (χ0) is 11.1. The Kier molecular flexibility index (Phi) is 3.32. The molecule has 1 rings (SSSR count). The summed E-state index contributed by atoms with van der Waals surface area (Å²) in [5.74, 6) is 0. The first-order valence-corrected chi connectivity index (χ1v) is 5.81. The highest BCUT2D eigenvalue weighted by atomic mass is 79.9. The lowest BCUT2D eigenvalue weighted by atomic mass is 9.80. The van der Waals surface area contributed by atoms with Gasteiger partial charge >= 0.3 is 0 Å². The molecule has 0 aromatic rings. The summed E-state index contributed by atoms with van der Waals surface area (Å²) in [6, 6.07) is 0. The fraction of sp³-hybridized carbons (Fsp3) is 1.00. The Morgan fingerprint density at radius 2 is 1.86 bits per heavy atom. The lowest BCUT2D eigenvalue weighted by Crippen LogP contribution is -2.66. The quantitative estimate of drug-likeness (QED) is 0.740. The molecule has 0 amide bonds. The minimum absolute atomic E-state index is 0.137. The zero-order valence-corrected chi connectivity index (χ0v) is 11.1. The van der Waals surface area contributed by atoms with Crippen LogP contribution in [0.1, 0.15) is 34.1 Å². The van der Waals surface area contributed by atoms with Gasteiger partial charge in [-0.3, -0.25) is 0 Å².